The van der Waals surface area contributed by atoms with E-state index < -0.39 is 0 Å². The van der Waals surface area contributed by atoms with E-state index in [0.29, 0.717) is 6.61 Å². The van der Waals surface area contributed by atoms with Crippen LogP contribution in [0.25, 0.3) is 0 Å². The zero-order valence-electron chi connectivity index (χ0n) is 8.33. The largest absolute Gasteiger partial charge is 0.396 e. The van der Waals surface area contributed by atoms with Gasteiger partial charge in [0.05, 0.1) is 0 Å². The van der Waals surface area contributed by atoms with Crippen LogP contribution >= 0.6 is 11.3 Å². The Kier molecular flexibility index (Phi) is 3.21. The van der Waals surface area contributed by atoms with Crippen LogP contribution in [0.5, 0.6) is 0 Å². The molecule has 2 nitrogen and oxygen atoms in total. The summed E-state index contributed by atoms with van der Waals surface area (Å²) in [6.07, 6.45) is 4.65. The van der Waals surface area contributed by atoms with Crippen LogP contribution in [0.15, 0.2) is 17.5 Å². The number of thiophene rings is 1. The van der Waals surface area contributed by atoms with Gasteiger partial charge in [-0.2, -0.15) is 0 Å². The first kappa shape index (κ1) is 10.1. The molecule has 0 saturated heterocycles. The topological polar surface area (TPSA) is 32.3 Å². The lowest BCUT2D eigenvalue weighted by Crippen LogP contribution is -2.51. The number of aliphatic hydroxyl groups excluding tert-OH is 1. The van der Waals surface area contributed by atoms with E-state index in [1.165, 1.54) is 24.1 Å². The highest BCUT2D eigenvalue weighted by atomic mass is 32.1. The molecule has 14 heavy (non-hydrogen) atoms. The van der Waals surface area contributed by atoms with E-state index in [9.17, 15) is 0 Å². The zero-order chi connectivity index (χ0) is 9.86. The van der Waals surface area contributed by atoms with Crippen molar-refractivity contribution in [2.45, 2.75) is 37.8 Å². The van der Waals surface area contributed by atoms with Gasteiger partial charge in [-0.05, 0) is 37.1 Å². The summed E-state index contributed by atoms with van der Waals surface area (Å²) in [6, 6.07) is 4.24. The van der Waals surface area contributed by atoms with Gasteiger partial charge in [0.1, 0.15) is 0 Å². The highest BCUT2D eigenvalue weighted by molar-refractivity contribution is 7.09. The molecule has 0 aromatic carbocycles. The molecule has 1 heterocycles. The number of hydrogen-bond donors (Lipinski definition) is 2. The van der Waals surface area contributed by atoms with Crippen molar-refractivity contribution in [3.8, 4) is 0 Å². The molecule has 0 bridgehead atoms. The quantitative estimate of drug-likeness (QED) is 0.782. The minimum atomic E-state index is 0.249. The van der Waals surface area contributed by atoms with Gasteiger partial charge in [0.15, 0.2) is 0 Å². The summed E-state index contributed by atoms with van der Waals surface area (Å²) in [7, 11) is 0. The minimum absolute atomic E-state index is 0.249. The number of nitrogens with one attached hydrogen (secondary N) is 1. The SMILES string of the molecule is OCCC1(NCc2cccs2)CCC1. The molecule has 2 rings (SSSR count). The Morgan fingerprint density at radius 1 is 1.50 bits per heavy atom. The fourth-order valence-corrected chi connectivity index (χ4v) is 2.67. The maximum Gasteiger partial charge on any atom is 0.0448 e. The highest BCUT2D eigenvalue weighted by Crippen LogP contribution is 2.35. The Labute approximate surface area is 89.0 Å². The predicted octanol–water partition coefficient (Wildman–Crippen LogP) is 2.14. The van der Waals surface area contributed by atoms with Gasteiger partial charge in [-0.15, -0.1) is 11.3 Å². The molecule has 1 aliphatic rings. The molecule has 1 fully saturated rings. The monoisotopic (exact) mass is 211 g/mol. The Morgan fingerprint density at radius 2 is 2.36 bits per heavy atom. The summed E-state index contributed by atoms with van der Waals surface area (Å²) in [5.74, 6) is 0. The van der Waals surface area contributed by atoms with Gasteiger partial charge >= 0.3 is 0 Å². The van der Waals surface area contributed by atoms with Gasteiger partial charge in [0.25, 0.3) is 0 Å². The summed E-state index contributed by atoms with van der Waals surface area (Å²) < 4.78 is 0. The van der Waals surface area contributed by atoms with Gasteiger partial charge in [0, 0.05) is 23.6 Å². The molecule has 0 unspecified atom stereocenters. The Morgan fingerprint density at radius 3 is 2.86 bits per heavy atom. The van der Waals surface area contributed by atoms with Crippen molar-refractivity contribution in [1.82, 2.24) is 5.32 Å². The number of rotatable bonds is 5. The molecule has 0 atom stereocenters. The maximum absolute atomic E-state index is 8.99. The molecule has 1 aromatic heterocycles. The van der Waals surface area contributed by atoms with Gasteiger partial charge in [-0.25, -0.2) is 0 Å². The molecule has 0 aliphatic heterocycles. The summed E-state index contributed by atoms with van der Waals surface area (Å²) >= 11 is 1.79. The van der Waals surface area contributed by atoms with Gasteiger partial charge in [0.2, 0.25) is 0 Å². The molecular weight excluding hydrogens is 194 g/mol. The first-order chi connectivity index (χ1) is 6.85. The smallest absolute Gasteiger partial charge is 0.0448 e. The third-order valence-electron chi connectivity index (χ3n) is 3.12. The summed E-state index contributed by atoms with van der Waals surface area (Å²) in [4.78, 5) is 1.38. The second-order valence-electron chi connectivity index (χ2n) is 4.04. The lowest BCUT2D eigenvalue weighted by Gasteiger charge is -2.42. The fourth-order valence-electron chi connectivity index (χ4n) is 2.02. The fraction of sp³-hybridized carbons (Fsp3) is 0.636. The molecule has 2 N–H and O–H groups in total. The van der Waals surface area contributed by atoms with Crippen molar-refractivity contribution in [1.29, 1.82) is 0 Å². The van der Waals surface area contributed by atoms with Crippen LogP contribution in [-0.2, 0) is 6.54 Å². The van der Waals surface area contributed by atoms with Crippen LogP contribution in [0.3, 0.4) is 0 Å². The Bertz CT molecular complexity index is 267. The average Bonchev–Trinajstić information content (AvgIpc) is 2.62. The van der Waals surface area contributed by atoms with Gasteiger partial charge < -0.3 is 10.4 Å². The second-order valence-corrected chi connectivity index (χ2v) is 5.07. The van der Waals surface area contributed by atoms with Crippen molar-refractivity contribution in [2.75, 3.05) is 6.61 Å². The zero-order valence-corrected chi connectivity index (χ0v) is 9.15. The van der Waals surface area contributed by atoms with E-state index in [-0.39, 0.29) is 5.54 Å². The summed E-state index contributed by atoms with van der Waals surface area (Å²) in [5, 5.41) is 14.7. The van der Waals surface area contributed by atoms with Crippen molar-refractivity contribution >= 4 is 11.3 Å². The van der Waals surface area contributed by atoms with Crippen LogP contribution in [0.2, 0.25) is 0 Å². The van der Waals surface area contributed by atoms with Crippen molar-refractivity contribution in [3.05, 3.63) is 22.4 Å². The molecule has 0 spiro atoms. The van der Waals surface area contributed by atoms with Crippen LogP contribution in [0.4, 0.5) is 0 Å². The lowest BCUT2D eigenvalue weighted by atomic mass is 9.74. The molecule has 0 amide bonds. The molecule has 1 saturated carbocycles. The van der Waals surface area contributed by atoms with E-state index in [4.69, 9.17) is 5.11 Å². The number of hydrogen-bond acceptors (Lipinski definition) is 3. The standard InChI is InChI=1S/C11H17NOS/c13-7-6-11(4-2-5-11)12-9-10-3-1-8-14-10/h1,3,8,12-13H,2,4-7,9H2. The Hall–Kier alpha value is -0.380. The predicted molar refractivity (Wildman–Crippen MR) is 59.4 cm³/mol. The lowest BCUT2D eigenvalue weighted by molar-refractivity contribution is 0.130. The number of aliphatic hydroxyl groups is 1. The highest BCUT2D eigenvalue weighted by Gasteiger charge is 2.35. The van der Waals surface area contributed by atoms with Gasteiger partial charge in [-0.1, -0.05) is 6.07 Å². The maximum atomic E-state index is 8.99. The normalized spacial score (nSPS) is 19.2. The third-order valence-corrected chi connectivity index (χ3v) is 4.00. The van der Waals surface area contributed by atoms with Crippen LogP contribution in [-0.4, -0.2) is 17.3 Å². The summed E-state index contributed by atoms with van der Waals surface area (Å²) in [5.41, 5.74) is 0.249. The second kappa shape index (κ2) is 4.43. The van der Waals surface area contributed by atoms with Crippen LogP contribution < -0.4 is 5.32 Å². The average molecular weight is 211 g/mol. The van der Waals surface area contributed by atoms with E-state index in [0.717, 1.165) is 13.0 Å². The van der Waals surface area contributed by atoms with Crippen molar-refractivity contribution in [2.24, 2.45) is 0 Å². The van der Waals surface area contributed by atoms with E-state index >= 15 is 0 Å². The molecule has 0 radical (unpaired) electrons. The van der Waals surface area contributed by atoms with Crippen LogP contribution in [0, 0.1) is 0 Å². The molecular formula is C11H17NOS. The van der Waals surface area contributed by atoms with Gasteiger partial charge in [-0.3, -0.25) is 0 Å². The van der Waals surface area contributed by atoms with Crippen molar-refractivity contribution < 1.29 is 5.11 Å². The van der Waals surface area contributed by atoms with E-state index in [1.54, 1.807) is 11.3 Å². The molecule has 3 heteroatoms. The third kappa shape index (κ3) is 2.16. The first-order valence-electron chi connectivity index (χ1n) is 5.23. The summed E-state index contributed by atoms with van der Waals surface area (Å²) in [6.45, 7) is 1.26. The molecule has 78 valence electrons. The van der Waals surface area contributed by atoms with Crippen LogP contribution in [0.1, 0.15) is 30.6 Å². The first-order valence-corrected chi connectivity index (χ1v) is 6.11. The molecule has 1 aromatic rings. The van der Waals surface area contributed by atoms with E-state index in [2.05, 4.69) is 22.8 Å². The van der Waals surface area contributed by atoms with Crippen molar-refractivity contribution in [3.63, 3.8) is 0 Å². The molecule has 1 aliphatic carbocycles. The Balaban J connectivity index is 1.83. The van der Waals surface area contributed by atoms with E-state index in [1.807, 2.05) is 0 Å². The minimum Gasteiger partial charge on any atom is -0.396 e.